The molecule has 0 aromatic heterocycles. The summed E-state index contributed by atoms with van der Waals surface area (Å²) in [6, 6.07) is 0. The van der Waals surface area contributed by atoms with Crippen molar-refractivity contribution in [3.8, 4) is 0 Å². The largest absolute Gasteiger partial charge is 0.472 e. The number of hydrogen-bond donors (Lipinski definition) is 3. The van der Waals surface area contributed by atoms with Crippen molar-refractivity contribution in [1.29, 1.82) is 0 Å². The molecule has 0 aliphatic rings. The van der Waals surface area contributed by atoms with Crippen LogP contribution >= 0.6 is 15.6 Å². The van der Waals surface area contributed by atoms with Crippen molar-refractivity contribution in [2.45, 2.75) is 394 Å². The zero-order valence-corrected chi connectivity index (χ0v) is 61.6. The Morgan fingerprint density at radius 2 is 0.554 bits per heavy atom. The number of rotatable bonds is 72. The van der Waals surface area contributed by atoms with Gasteiger partial charge in [-0.1, -0.05) is 324 Å². The second kappa shape index (κ2) is 65.0. The predicted molar refractivity (Wildman–Crippen MR) is 372 cm³/mol. The molecule has 92 heavy (non-hydrogen) atoms. The second-order valence-electron chi connectivity index (χ2n) is 27.1. The van der Waals surface area contributed by atoms with Crippen molar-refractivity contribution >= 4 is 39.5 Å². The Bertz CT molecular complexity index is 1790. The van der Waals surface area contributed by atoms with E-state index >= 15 is 0 Å². The molecule has 546 valence electrons. The molecule has 0 heterocycles. The molecule has 0 saturated carbocycles. The number of hydrogen-bond acceptors (Lipinski definition) is 15. The van der Waals surface area contributed by atoms with Crippen molar-refractivity contribution in [1.82, 2.24) is 0 Å². The molecule has 0 saturated heterocycles. The molecule has 0 spiro atoms. The molecule has 0 aliphatic heterocycles. The lowest BCUT2D eigenvalue weighted by Gasteiger charge is -2.21. The van der Waals surface area contributed by atoms with E-state index in [0.717, 1.165) is 108 Å². The monoisotopic (exact) mass is 1350 g/mol. The topological polar surface area (TPSA) is 237 Å². The Balaban J connectivity index is 5.25. The van der Waals surface area contributed by atoms with Crippen LogP contribution in [0, 0.1) is 11.8 Å². The van der Waals surface area contributed by atoms with E-state index in [1.807, 2.05) is 0 Å². The lowest BCUT2D eigenvalue weighted by Crippen LogP contribution is -2.30. The number of carbonyl (C=O) groups excluding carboxylic acids is 4. The number of phosphoric ester groups is 2. The van der Waals surface area contributed by atoms with Crippen LogP contribution in [0.4, 0.5) is 0 Å². The number of carbonyl (C=O) groups is 4. The number of phosphoric acid groups is 2. The molecule has 0 radical (unpaired) electrons. The summed E-state index contributed by atoms with van der Waals surface area (Å²) in [7, 11) is -9.90. The van der Waals surface area contributed by atoms with Crippen LogP contribution in [0.2, 0.25) is 0 Å². The van der Waals surface area contributed by atoms with Gasteiger partial charge in [0.2, 0.25) is 0 Å². The average Bonchev–Trinajstić information content (AvgIpc) is 1.72. The summed E-state index contributed by atoms with van der Waals surface area (Å²) in [6.07, 6.45) is 51.2. The highest BCUT2D eigenvalue weighted by Crippen LogP contribution is 2.45. The highest BCUT2D eigenvalue weighted by molar-refractivity contribution is 7.47. The van der Waals surface area contributed by atoms with E-state index in [2.05, 4.69) is 41.5 Å². The lowest BCUT2D eigenvalue weighted by atomic mass is 10.00. The molecule has 0 rings (SSSR count). The van der Waals surface area contributed by atoms with Crippen LogP contribution in [0.15, 0.2) is 0 Å². The first-order valence-corrected chi connectivity index (χ1v) is 41.0. The molecule has 3 N–H and O–H groups in total. The zero-order chi connectivity index (χ0) is 67.9. The van der Waals surface area contributed by atoms with Crippen LogP contribution in [0.5, 0.6) is 0 Å². The van der Waals surface area contributed by atoms with Crippen LogP contribution in [0.3, 0.4) is 0 Å². The smallest absolute Gasteiger partial charge is 0.462 e. The highest BCUT2D eigenvalue weighted by atomic mass is 31.2. The molecule has 0 aliphatic carbocycles. The Kier molecular flexibility index (Phi) is 63.7. The minimum Gasteiger partial charge on any atom is -0.462 e. The van der Waals surface area contributed by atoms with Crippen molar-refractivity contribution in [2.75, 3.05) is 39.6 Å². The molecule has 0 amide bonds. The SMILES string of the molecule is CCCCCCCCCCCCCCCCCC(=O)OC[C@H](COP(=O)(O)OC[C@@H](O)COP(=O)(O)OC[C@@H](COC(=O)CCCCCCCCC(C)CC)OC(=O)CCCCCCCCCCCCC)OC(=O)CCCCCCCCCCCCCCCC(C)C. The molecule has 0 fully saturated rings. The number of unbranched alkanes of at least 4 members (excludes halogenated alkanes) is 41. The molecule has 6 atom stereocenters. The minimum absolute atomic E-state index is 0.106. The molecule has 0 bridgehead atoms. The fourth-order valence-corrected chi connectivity index (χ4v) is 12.7. The third-order valence-corrected chi connectivity index (χ3v) is 19.2. The fourth-order valence-electron chi connectivity index (χ4n) is 11.1. The van der Waals surface area contributed by atoms with Crippen molar-refractivity contribution in [2.24, 2.45) is 11.8 Å². The first-order valence-electron chi connectivity index (χ1n) is 38.0. The highest BCUT2D eigenvalue weighted by Gasteiger charge is 2.30. The number of aliphatic hydroxyl groups excluding tert-OH is 1. The summed E-state index contributed by atoms with van der Waals surface area (Å²) in [5, 5.41) is 10.6. The normalized spacial score (nSPS) is 14.4. The first kappa shape index (κ1) is 90.1. The Hall–Kier alpha value is -1.94. The van der Waals surface area contributed by atoms with Crippen molar-refractivity contribution in [3.05, 3.63) is 0 Å². The molecule has 0 aromatic rings. The summed E-state index contributed by atoms with van der Waals surface area (Å²) in [5.74, 6) is -0.601. The van der Waals surface area contributed by atoms with Gasteiger partial charge in [-0.15, -0.1) is 0 Å². The van der Waals surface area contributed by atoms with E-state index in [1.165, 1.54) is 186 Å². The van der Waals surface area contributed by atoms with E-state index in [0.29, 0.717) is 25.7 Å². The maximum atomic E-state index is 13.1. The van der Waals surface area contributed by atoms with E-state index in [1.54, 1.807) is 0 Å². The molecular weight excluding hydrogens is 1210 g/mol. The standard InChI is InChI=1S/C73H142O17P2/c1-7-10-12-14-16-18-20-21-22-25-29-32-36-43-49-55-70(75)83-61-68(89-73(78)58-52-46-38-34-30-26-23-24-28-31-35-41-47-53-65(4)5)63-87-91(79,80)85-59-67(74)60-86-92(81,82)88-64-69(62-84-71(76)56-50-44-40-39-42-48-54-66(6)9-3)90-72(77)57-51-45-37-33-27-19-17-15-13-11-8-2/h65-69,74H,7-64H2,1-6H3,(H,79,80)(H,81,82)/t66?,67-,68-,69-/m1/s1. The zero-order valence-electron chi connectivity index (χ0n) is 59.9. The second-order valence-corrected chi connectivity index (χ2v) is 30.0. The van der Waals surface area contributed by atoms with Gasteiger partial charge >= 0.3 is 39.5 Å². The number of ether oxygens (including phenoxy) is 4. The number of esters is 4. The Labute approximate surface area is 562 Å². The van der Waals surface area contributed by atoms with Gasteiger partial charge in [0.15, 0.2) is 12.2 Å². The van der Waals surface area contributed by atoms with Gasteiger partial charge in [-0.05, 0) is 37.5 Å². The molecular formula is C73H142O17P2. The van der Waals surface area contributed by atoms with Gasteiger partial charge in [0.05, 0.1) is 26.4 Å². The van der Waals surface area contributed by atoms with E-state index < -0.39 is 97.5 Å². The van der Waals surface area contributed by atoms with E-state index in [9.17, 15) is 43.2 Å². The lowest BCUT2D eigenvalue weighted by molar-refractivity contribution is -0.161. The Morgan fingerprint density at radius 3 is 0.826 bits per heavy atom. The summed E-state index contributed by atoms with van der Waals surface area (Å²) < 4.78 is 68.4. The van der Waals surface area contributed by atoms with Crippen LogP contribution in [0.25, 0.3) is 0 Å². The fraction of sp³-hybridized carbons (Fsp3) is 0.945. The molecule has 0 aromatic carbocycles. The van der Waals surface area contributed by atoms with Crippen LogP contribution < -0.4 is 0 Å². The molecule has 3 unspecified atom stereocenters. The van der Waals surface area contributed by atoms with Crippen LogP contribution in [-0.2, 0) is 65.4 Å². The van der Waals surface area contributed by atoms with Gasteiger partial charge in [0, 0.05) is 25.7 Å². The maximum Gasteiger partial charge on any atom is 0.472 e. The van der Waals surface area contributed by atoms with Gasteiger partial charge in [-0.25, -0.2) is 9.13 Å². The summed E-state index contributed by atoms with van der Waals surface area (Å²) >= 11 is 0. The van der Waals surface area contributed by atoms with Crippen LogP contribution in [-0.4, -0.2) is 96.7 Å². The Morgan fingerprint density at radius 1 is 0.315 bits per heavy atom. The van der Waals surface area contributed by atoms with Crippen molar-refractivity contribution in [3.63, 3.8) is 0 Å². The third kappa shape index (κ3) is 65.4. The molecule has 17 nitrogen and oxygen atoms in total. The van der Waals surface area contributed by atoms with Gasteiger partial charge in [-0.2, -0.15) is 0 Å². The third-order valence-electron chi connectivity index (χ3n) is 17.3. The number of aliphatic hydroxyl groups is 1. The summed E-state index contributed by atoms with van der Waals surface area (Å²) in [4.78, 5) is 72.7. The van der Waals surface area contributed by atoms with Gasteiger partial charge in [0.25, 0.3) is 0 Å². The maximum absolute atomic E-state index is 13.1. The quantitative estimate of drug-likeness (QED) is 0.0222. The van der Waals surface area contributed by atoms with Gasteiger partial charge < -0.3 is 33.8 Å². The van der Waals surface area contributed by atoms with E-state index in [4.69, 9.17) is 37.0 Å². The van der Waals surface area contributed by atoms with Crippen LogP contribution in [0.1, 0.15) is 375 Å². The van der Waals surface area contributed by atoms with E-state index in [-0.39, 0.29) is 25.7 Å². The predicted octanol–water partition coefficient (Wildman–Crippen LogP) is 21.2. The van der Waals surface area contributed by atoms with Gasteiger partial charge in [0.1, 0.15) is 19.3 Å². The average molecular weight is 1350 g/mol. The first-order chi connectivity index (χ1) is 44.4. The minimum atomic E-state index is -4.95. The van der Waals surface area contributed by atoms with Gasteiger partial charge in [-0.3, -0.25) is 37.3 Å². The summed E-state index contributed by atoms with van der Waals surface area (Å²) in [5.41, 5.74) is 0. The van der Waals surface area contributed by atoms with Crippen molar-refractivity contribution < 1.29 is 80.2 Å². The molecule has 19 heteroatoms. The summed E-state index contributed by atoms with van der Waals surface area (Å²) in [6.45, 7) is 9.55.